The van der Waals surface area contributed by atoms with Crippen molar-refractivity contribution >= 4 is 22.7 Å². The number of nitrogens with one attached hydrogen (secondary N) is 1. The van der Waals surface area contributed by atoms with Gasteiger partial charge in [0.1, 0.15) is 0 Å². The zero-order chi connectivity index (χ0) is 12.3. The number of hydrogen-bond acceptors (Lipinski definition) is 3. The number of aryl methyl sites for hydroxylation is 2. The van der Waals surface area contributed by atoms with Crippen LogP contribution in [0.5, 0.6) is 0 Å². The molecule has 17 heavy (non-hydrogen) atoms. The summed E-state index contributed by atoms with van der Waals surface area (Å²) in [5, 5.41) is 5.92. The van der Waals surface area contributed by atoms with E-state index in [0.29, 0.717) is 6.04 Å². The number of hydrogen-bond donors (Lipinski definition) is 1. The van der Waals surface area contributed by atoms with E-state index in [2.05, 4.69) is 49.7 Å². The van der Waals surface area contributed by atoms with Gasteiger partial charge in [-0.2, -0.15) is 0 Å². The third-order valence-electron chi connectivity index (χ3n) is 2.73. The van der Waals surface area contributed by atoms with Gasteiger partial charge in [-0.1, -0.05) is 6.92 Å². The van der Waals surface area contributed by atoms with Gasteiger partial charge in [0.05, 0.1) is 6.04 Å². The molecule has 0 amide bonds. The molecule has 0 saturated carbocycles. The fourth-order valence-electron chi connectivity index (χ4n) is 1.90. The van der Waals surface area contributed by atoms with Crippen LogP contribution in [0.25, 0.3) is 0 Å². The third kappa shape index (κ3) is 3.18. The van der Waals surface area contributed by atoms with Gasteiger partial charge < -0.3 is 5.32 Å². The minimum absolute atomic E-state index is 0.374. The summed E-state index contributed by atoms with van der Waals surface area (Å²) in [4.78, 5) is 4.19. The Hall–Kier alpha value is -0.640. The highest BCUT2D eigenvalue weighted by Gasteiger charge is 2.15. The average Bonchev–Trinajstić information content (AvgIpc) is 2.89. The van der Waals surface area contributed by atoms with Gasteiger partial charge in [0, 0.05) is 14.6 Å². The first-order valence-electron chi connectivity index (χ1n) is 6.05. The molecule has 0 spiro atoms. The lowest BCUT2D eigenvalue weighted by Gasteiger charge is -2.15. The van der Waals surface area contributed by atoms with Crippen LogP contribution in [0.1, 0.15) is 39.6 Å². The molecule has 2 rings (SSSR count). The summed E-state index contributed by atoms with van der Waals surface area (Å²) >= 11 is 3.72. The van der Waals surface area contributed by atoms with Crippen LogP contribution in [0.2, 0.25) is 0 Å². The van der Waals surface area contributed by atoms with Gasteiger partial charge in [0.15, 0.2) is 0 Å². The van der Waals surface area contributed by atoms with Crippen LogP contribution in [0.15, 0.2) is 23.6 Å². The molecule has 1 unspecified atom stereocenters. The quantitative estimate of drug-likeness (QED) is 0.838. The molecule has 0 aliphatic carbocycles. The monoisotopic (exact) mass is 265 g/mol. The molecule has 0 saturated heterocycles. The van der Waals surface area contributed by atoms with E-state index < -0.39 is 0 Å². The molecular formula is C14H19NS2. The Bertz CT molecular complexity index is 430. The van der Waals surface area contributed by atoms with Crippen LogP contribution in [0.4, 0.5) is 0 Å². The predicted molar refractivity (Wildman–Crippen MR) is 78.2 cm³/mol. The molecule has 2 aromatic heterocycles. The predicted octanol–water partition coefficient (Wildman–Crippen LogP) is 4.52. The van der Waals surface area contributed by atoms with E-state index in [0.717, 1.165) is 6.54 Å². The van der Waals surface area contributed by atoms with Crippen LogP contribution in [0.3, 0.4) is 0 Å². The molecule has 1 N–H and O–H groups in total. The minimum Gasteiger partial charge on any atom is -0.306 e. The minimum atomic E-state index is 0.374. The molecule has 3 heteroatoms. The van der Waals surface area contributed by atoms with Gasteiger partial charge in [-0.3, -0.25) is 0 Å². The Morgan fingerprint density at radius 3 is 2.59 bits per heavy atom. The Balaban J connectivity index is 2.24. The summed E-state index contributed by atoms with van der Waals surface area (Å²) in [7, 11) is 0. The summed E-state index contributed by atoms with van der Waals surface area (Å²) in [6.07, 6.45) is 1.17. The van der Waals surface area contributed by atoms with Crippen molar-refractivity contribution in [3.8, 4) is 0 Å². The summed E-state index contributed by atoms with van der Waals surface area (Å²) in [6, 6.07) is 7.13. The fourth-order valence-corrected chi connectivity index (χ4v) is 3.61. The standard InChI is InChI=1S/C14H19NS2/c1-4-7-15-14(12-8-11(3)16-9-12)13-6-5-10(2)17-13/h5-6,8-9,14-15H,4,7H2,1-3H3. The van der Waals surface area contributed by atoms with Crippen LogP contribution < -0.4 is 5.32 Å². The molecule has 0 aliphatic heterocycles. The number of thiophene rings is 2. The van der Waals surface area contributed by atoms with E-state index in [1.54, 1.807) is 0 Å². The Labute approximate surface area is 112 Å². The maximum absolute atomic E-state index is 3.65. The van der Waals surface area contributed by atoms with Gasteiger partial charge in [0.2, 0.25) is 0 Å². The normalized spacial score (nSPS) is 12.9. The maximum Gasteiger partial charge on any atom is 0.0679 e. The van der Waals surface area contributed by atoms with Gasteiger partial charge in [-0.05, 0) is 56.0 Å². The SMILES string of the molecule is CCCNC(c1csc(C)c1)c1ccc(C)s1. The smallest absolute Gasteiger partial charge is 0.0679 e. The van der Waals surface area contributed by atoms with E-state index in [9.17, 15) is 0 Å². The van der Waals surface area contributed by atoms with E-state index in [-0.39, 0.29) is 0 Å². The molecule has 0 bridgehead atoms. The lowest BCUT2D eigenvalue weighted by molar-refractivity contribution is 0.607. The summed E-state index contributed by atoms with van der Waals surface area (Å²) in [5.41, 5.74) is 1.41. The Morgan fingerprint density at radius 1 is 1.24 bits per heavy atom. The zero-order valence-electron chi connectivity index (χ0n) is 10.6. The highest BCUT2D eigenvalue weighted by molar-refractivity contribution is 7.12. The van der Waals surface area contributed by atoms with Crippen molar-refractivity contribution in [2.45, 2.75) is 33.2 Å². The van der Waals surface area contributed by atoms with Gasteiger partial charge >= 0.3 is 0 Å². The second-order valence-corrected chi connectivity index (χ2v) is 6.76. The molecule has 1 atom stereocenters. The molecule has 2 heterocycles. The van der Waals surface area contributed by atoms with E-state index >= 15 is 0 Å². The highest BCUT2D eigenvalue weighted by atomic mass is 32.1. The van der Waals surface area contributed by atoms with E-state index in [4.69, 9.17) is 0 Å². The van der Waals surface area contributed by atoms with E-state index in [1.807, 2.05) is 22.7 Å². The van der Waals surface area contributed by atoms with Crippen LogP contribution in [-0.2, 0) is 0 Å². The van der Waals surface area contributed by atoms with Crippen molar-refractivity contribution < 1.29 is 0 Å². The Kier molecular flexibility index (Phi) is 4.37. The van der Waals surface area contributed by atoms with Crippen molar-refractivity contribution in [3.63, 3.8) is 0 Å². The molecular weight excluding hydrogens is 246 g/mol. The molecule has 0 fully saturated rings. The first-order chi connectivity index (χ1) is 8.20. The first kappa shape index (κ1) is 12.8. The lowest BCUT2D eigenvalue weighted by atomic mass is 10.1. The van der Waals surface area contributed by atoms with Crippen molar-refractivity contribution in [2.24, 2.45) is 0 Å². The summed E-state index contributed by atoms with van der Waals surface area (Å²) in [5.74, 6) is 0. The zero-order valence-corrected chi connectivity index (χ0v) is 12.3. The van der Waals surface area contributed by atoms with Gasteiger partial charge in [-0.15, -0.1) is 22.7 Å². The van der Waals surface area contributed by atoms with Gasteiger partial charge in [-0.25, -0.2) is 0 Å². The van der Waals surface area contributed by atoms with Crippen molar-refractivity contribution in [1.82, 2.24) is 5.32 Å². The molecule has 0 radical (unpaired) electrons. The Morgan fingerprint density at radius 2 is 2.06 bits per heavy atom. The second-order valence-electron chi connectivity index (χ2n) is 4.33. The fraction of sp³-hybridized carbons (Fsp3) is 0.429. The largest absolute Gasteiger partial charge is 0.306 e. The van der Waals surface area contributed by atoms with Crippen molar-refractivity contribution in [3.05, 3.63) is 43.8 Å². The molecule has 0 aromatic carbocycles. The topological polar surface area (TPSA) is 12.0 Å². The summed E-state index contributed by atoms with van der Waals surface area (Å²) in [6.45, 7) is 7.62. The van der Waals surface area contributed by atoms with E-state index in [1.165, 1.54) is 26.6 Å². The third-order valence-corrected chi connectivity index (χ3v) is 4.67. The summed E-state index contributed by atoms with van der Waals surface area (Å²) < 4.78 is 0. The maximum atomic E-state index is 3.65. The van der Waals surface area contributed by atoms with Crippen molar-refractivity contribution in [2.75, 3.05) is 6.54 Å². The first-order valence-corrected chi connectivity index (χ1v) is 7.75. The number of rotatable bonds is 5. The van der Waals surface area contributed by atoms with Crippen molar-refractivity contribution in [1.29, 1.82) is 0 Å². The van der Waals surface area contributed by atoms with Crippen LogP contribution in [0, 0.1) is 13.8 Å². The molecule has 0 aliphatic rings. The van der Waals surface area contributed by atoms with Gasteiger partial charge in [0.25, 0.3) is 0 Å². The highest BCUT2D eigenvalue weighted by Crippen LogP contribution is 2.30. The van der Waals surface area contributed by atoms with Crippen LogP contribution >= 0.6 is 22.7 Å². The second kappa shape index (κ2) is 5.80. The average molecular weight is 265 g/mol. The molecule has 2 aromatic rings. The molecule has 1 nitrogen and oxygen atoms in total. The molecule has 92 valence electrons. The van der Waals surface area contributed by atoms with Crippen LogP contribution in [-0.4, -0.2) is 6.54 Å². The lowest BCUT2D eigenvalue weighted by Crippen LogP contribution is -2.21.